The Bertz CT molecular complexity index is 956. The maximum absolute atomic E-state index is 12.2. The number of anilines is 3. The molecule has 1 aliphatic rings. The van der Waals surface area contributed by atoms with Gasteiger partial charge in [0.15, 0.2) is 11.5 Å². The van der Waals surface area contributed by atoms with E-state index in [1.54, 1.807) is 12.1 Å². The molecule has 3 aromatic carbocycles. The molecule has 0 aromatic heterocycles. The Hall–Kier alpha value is -3.18. The van der Waals surface area contributed by atoms with Gasteiger partial charge in [0.05, 0.1) is 6.42 Å². The maximum atomic E-state index is 12.2. The van der Waals surface area contributed by atoms with Gasteiger partial charge in [-0.2, -0.15) is 0 Å². The number of ether oxygens (including phenoxy) is 2. The van der Waals surface area contributed by atoms with Crippen LogP contribution < -0.4 is 20.1 Å². The van der Waals surface area contributed by atoms with Gasteiger partial charge in [-0.25, -0.2) is 0 Å². The molecular formula is C21H17ClN2O3. The number of halogens is 1. The van der Waals surface area contributed by atoms with E-state index in [0.717, 1.165) is 34.1 Å². The molecule has 0 aliphatic carbocycles. The lowest BCUT2D eigenvalue weighted by atomic mass is 10.1. The Kier molecular flexibility index (Phi) is 4.85. The third kappa shape index (κ3) is 4.33. The van der Waals surface area contributed by atoms with Gasteiger partial charge in [-0.1, -0.05) is 23.7 Å². The number of nitrogens with one attached hydrogen (secondary N) is 2. The standard InChI is InChI=1S/C21H17ClN2O3/c22-15-3-1-14(2-4-15)11-21(25)24-17-7-5-16(6-8-17)23-18-9-10-19-20(12-18)27-13-26-19/h1-10,12,23H,11,13H2,(H,24,25). The summed E-state index contributed by atoms with van der Waals surface area (Å²) in [6.45, 7) is 0.253. The van der Waals surface area contributed by atoms with Gasteiger partial charge >= 0.3 is 0 Å². The lowest BCUT2D eigenvalue weighted by molar-refractivity contribution is -0.115. The summed E-state index contributed by atoms with van der Waals surface area (Å²) < 4.78 is 10.7. The SMILES string of the molecule is O=C(Cc1ccc(Cl)cc1)Nc1ccc(Nc2ccc3c(c2)OCO3)cc1. The van der Waals surface area contributed by atoms with Crippen LogP contribution in [0.1, 0.15) is 5.56 Å². The van der Waals surface area contributed by atoms with Crippen molar-refractivity contribution in [3.05, 3.63) is 77.3 Å². The van der Waals surface area contributed by atoms with Gasteiger partial charge in [0, 0.05) is 28.2 Å². The molecule has 0 atom stereocenters. The zero-order valence-corrected chi connectivity index (χ0v) is 15.1. The zero-order chi connectivity index (χ0) is 18.6. The largest absolute Gasteiger partial charge is 0.454 e. The second kappa shape index (κ2) is 7.60. The van der Waals surface area contributed by atoms with Crippen molar-refractivity contribution in [3.63, 3.8) is 0 Å². The Morgan fingerprint density at radius 2 is 1.52 bits per heavy atom. The van der Waals surface area contributed by atoms with E-state index in [1.165, 1.54) is 0 Å². The fourth-order valence-electron chi connectivity index (χ4n) is 2.77. The van der Waals surface area contributed by atoms with Crippen LogP contribution in [0.15, 0.2) is 66.7 Å². The molecule has 27 heavy (non-hydrogen) atoms. The molecule has 0 saturated carbocycles. The molecule has 1 amide bonds. The number of benzene rings is 3. The highest BCUT2D eigenvalue weighted by Crippen LogP contribution is 2.35. The van der Waals surface area contributed by atoms with Gasteiger partial charge < -0.3 is 20.1 Å². The minimum Gasteiger partial charge on any atom is -0.454 e. The van der Waals surface area contributed by atoms with Crippen molar-refractivity contribution in [1.82, 2.24) is 0 Å². The summed E-state index contributed by atoms with van der Waals surface area (Å²) in [6.07, 6.45) is 0.300. The number of rotatable bonds is 5. The molecule has 0 unspecified atom stereocenters. The number of hydrogen-bond donors (Lipinski definition) is 2. The van der Waals surface area contributed by atoms with Crippen molar-refractivity contribution >= 4 is 34.6 Å². The molecule has 5 nitrogen and oxygen atoms in total. The minimum atomic E-state index is -0.0752. The first-order valence-electron chi connectivity index (χ1n) is 8.47. The van der Waals surface area contributed by atoms with Crippen LogP contribution in [0.25, 0.3) is 0 Å². The average Bonchev–Trinajstić information content (AvgIpc) is 3.13. The molecule has 1 aliphatic heterocycles. The summed E-state index contributed by atoms with van der Waals surface area (Å²) in [7, 11) is 0. The Morgan fingerprint density at radius 3 is 2.30 bits per heavy atom. The van der Waals surface area contributed by atoms with Crippen LogP contribution in [-0.4, -0.2) is 12.7 Å². The first-order valence-corrected chi connectivity index (χ1v) is 8.84. The molecule has 136 valence electrons. The van der Waals surface area contributed by atoms with Crippen LogP contribution in [0.4, 0.5) is 17.1 Å². The van der Waals surface area contributed by atoms with Crippen LogP contribution >= 0.6 is 11.6 Å². The molecule has 0 fully saturated rings. The summed E-state index contributed by atoms with van der Waals surface area (Å²) in [4.78, 5) is 12.2. The van der Waals surface area contributed by atoms with Crippen molar-refractivity contribution in [2.75, 3.05) is 17.4 Å². The molecular weight excluding hydrogens is 364 g/mol. The highest BCUT2D eigenvalue weighted by atomic mass is 35.5. The summed E-state index contributed by atoms with van der Waals surface area (Å²) in [6, 6.07) is 20.5. The number of amides is 1. The van der Waals surface area contributed by atoms with Crippen molar-refractivity contribution in [2.45, 2.75) is 6.42 Å². The molecule has 4 rings (SSSR count). The van der Waals surface area contributed by atoms with Gasteiger partial charge in [-0.15, -0.1) is 0 Å². The van der Waals surface area contributed by atoms with Crippen molar-refractivity contribution in [1.29, 1.82) is 0 Å². The molecule has 2 N–H and O–H groups in total. The van der Waals surface area contributed by atoms with Gasteiger partial charge in [0.1, 0.15) is 0 Å². The van der Waals surface area contributed by atoms with Gasteiger partial charge in [-0.05, 0) is 54.1 Å². The van der Waals surface area contributed by atoms with Crippen molar-refractivity contribution in [3.8, 4) is 11.5 Å². The van der Waals surface area contributed by atoms with E-state index in [2.05, 4.69) is 10.6 Å². The highest BCUT2D eigenvalue weighted by Gasteiger charge is 2.13. The molecule has 3 aromatic rings. The summed E-state index contributed by atoms with van der Waals surface area (Å²) >= 11 is 5.86. The highest BCUT2D eigenvalue weighted by molar-refractivity contribution is 6.30. The smallest absolute Gasteiger partial charge is 0.231 e. The van der Waals surface area contributed by atoms with Crippen molar-refractivity contribution < 1.29 is 14.3 Å². The van der Waals surface area contributed by atoms with Crippen LogP contribution in [0, 0.1) is 0 Å². The lowest BCUT2D eigenvalue weighted by Gasteiger charge is -2.09. The molecule has 0 bridgehead atoms. The Balaban J connectivity index is 1.35. The second-order valence-corrected chi connectivity index (χ2v) is 6.56. The topological polar surface area (TPSA) is 59.6 Å². The van der Waals surface area contributed by atoms with Crippen LogP contribution in [-0.2, 0) is 11.2 Å². The third-order valence-corrected chi connectivity index (χ3v) is 4.36. The van der Waals surface area contributed by atoms with E-state index in [0.29, 0.717) is 11.4 Å². The molecule has 6 heteroatoms. The first kappa shape index (κ1) is 17.2. The molecule has 0 radical (unpaired) electrons. The fourth-order valence-corrected chi connectivity index (χ4v) is 2.90. The number of carbonyl (C=O) groups is 1. The average molecular weight is 381 g/mol. The summed E-state index contributed by atoms with van der Waals surface area (Å²) in [5.41, 5.74) is 3.46. The predicted octanol–water partition coefficient (Wildman–Crippen LogP) is 4.99. The van der Waals surface area contributed by atoms with Crippen LogP contribution in [0.2, 0.25) is 5.02 Å². The van der Waals surface area contributed by atoms with Crippen LogP contribution in [0.5, 0.6) is 11.5 Å². The zero-order valence-electron chi connectivity index (χ0n) is 14.4. The summed E-state index contributed by atoms with van der Waals surface area (Å²) in [5.74, 6) is 1.40. The van der Waals surface area contributed by atoms with Crippen molar-refractivity contribution in [2.24, 2.45) is 0 Å². The second-order valence-electron chi connectivity index (χ2n) is 6.12. The quantitative estimate of drug-likeness (QED) is 0.654. The first-order chi connectivity index (χ1) is 13.2. The monoisotopic (exact) mass is 380 g/mol. The van der Waals surface area contributed by atoms with E-state index in [-0.39, 0.29) is 12.7 Å². The molecule has 1 heterocycles. The molecule has 0 saturated heterocycles. The van der Waals surface area contributed by atoms with E-state index in [9.17, 15) is 4.79 Å². The van der Waals surface area contributed by atoms with E-state index in [1.807, 2.05) is 54.6 Å². The number of hydrogen-bond acceptors (Lipinski definition) is 4. The van der Waals surface area contributed by atoms with Crippen LogP contribution in [0.3, 0.4) is 0 Å². The van der Waals surface area contributed by atoms with E-state index in [4.69, 9.17) is 21.1 Å². The van der Waals surface area contributed by atoms with Gasteiger partial charge in [-0.3, -0.25) is 4.79 Å². The fraction of sp³-hybridized carbons (Fsp3) is 0.0952. The lowest BCUT2D eigenvalue weighted by Crippen LogP contribution is -2.14. The number of carbonyl (C=O) groups excluding carboxylic acids is 1. The Labute approximate surface area is 161 Å². The third-order valence-electron chi connectivity index (χ3n) is 4.11. The van der Waals surface area contributed by atoms with Gasteiger partial charge in [0.25, 0.3) is 0 Å². The normalized spacial score (nSPS) is 11.9. The maximum Gasteiger partial charge on any atom is 0.231 e. The van der Waals surface area contributed by atoms with E-state index >= 15 is 0 Å². The minimum absolute atomic E-state index is 0.0752. The Morgan fingerprint density at radius 1 is 0.852 bits per heavy atom. The molecule has 0 spiro atoms. The number of fused-ring (bicyclic) bond motifs is 1. The van der Waals surface area contributed by atoms with Gasteiger partial charge in [0.2, 0.25) is 12.7 Å². The summed E-state index contributed by atoms with van der Waals surface area (Å²) in [5, 5.41) is 6.85. The van der Waals surface area contributed by atoms with E-state index < -0.39 is 0 Å². The predicted molar refractivity (Wildman–Crippen MR) is 106 cm³/mol.